The fraction of sp³-hybridized carbons (Fsp3) is 0.133. The maximum absolute atomic E-state index is 12.2. The fourth-order valence-corrected chi connectivity index (χ4v) is 2.61. The van der Waals surface area contributed by atoms with Gasteiger partial charge < -0.3 is 10.1 Å². The number of halogens is 1. The quantitative estimate of drug-likeness (QED) is 0.918. The summed E-state index contributed by atoms with van der Waals surface area (Å²) >= 11 is 3.38. The van der Waals surface area contributed by atoms with Gasteiger partial charge in [0.15, 0.2) is 0 Å². The fourth-order valence-electron chi connectivity index (χ4n) is 2.15. The van der Waals surface area contributed by atoms with Crippen molar-refractivity contribution in [3.05, 3.63) is 58.1 Å². The molecule has 96 valence electrons. The molecule has 0 aromatic heterocycles. The Hall–Kier alpha value is -1.81. The zero-order valence-electron chi connectivity index (χ0n) is 10.2. The predicted molar refractivity (Wildman–Crippen MR) is 77.7 cm³/mol. The van der Waals surface area contributed by atoms with Crippen molar-refractivity contribution in [1.82, 2.24) is 0 Å². The lowest BCUT2D eigenvalue weighted by atomic mass is 10.1. The van der Waals surface area contributed by atoms with Gasteiger partial charge in [0.1, 0.15) is 5.75 Å². The second-order valence-corrected chi connectivity index (χ2v) is 5.18. The number of hydrogen-bond acceptors (Lipinski definition) is 2. The number of amides is 1. The summed E-state index contributed by atoms with van der Waals surface area (Å²) in [7, 11) is 0. The van der Waals surface area contributed by atoms with Crippen LogP contribution in [0.3, 0.4) is 0 Å². The van der Waals surface area contributed by atoms with Crippen molar-refractivity contribution in [1.29, 1.82) is 0 Å². The molecule has 0 spiro atoms. The third kappa shape index (κ3) is 2.36. The van der Waals surface area contributed by atoms with E-state index in [0.29, 0.717) is 12.2 Å². The van der Waals surface area contributed by atoms with Crippen LogP contribution in [0.25, 0.3) is 0 Å². The Labute approximate surface area is 119 Å². The molecule has 0 saturated carbocycles. The molecule has 1 amide bonds. The van der Waals surface area contributed by atoms with Crippen molar-refractivity contribution in [2.45, 2.75) is 6.42 Å². The van der Waals surface area contributed by atoms with E-state index in [-0.39, 0.29) is 5.91 Å². The molecular formula is C15H12BrNO2. The van der Waals surface area contributed by atoms with Crippen molar-refractivity contribution >= 4 is 27.5 Å². The average molecular weight is 318 g/mol. The van der Waals surface area contributed by atoms with Gasteiger partial charge in [0.05, 0.1) is 17.9 Å². The van der Waals surface area contributed by atoms with Crippen molar-refractivity contribution in [3.63, 3.8) is 0 Å². The predicted octanol–water partition coefficient (Wildman–Crippen LogP) is 3.64. The van der Waals surface area contributed by atoms with E-state index in [1.807, 2.05) is 36.4 Å². The smallest absolute Gasteiger partial charge is 0.256 e. The minimum absolute atomic E-state index is 0.142. The molecule has 2 aromatic rings. The first-order chi connectivity index (χ1) is 9.25. The number of ether oxygens (including phenoxy) is 1. The zero-order valence-corrected chi connectivity index (χ0v) is 11.7. The molecule has 1 heterocycles. The van der Waals surface area contributed by atoms with Gasteiger partial charge in [-0.2, -0.15) is 0 Å². The maximum Gasteiger partial charge on any atom is 0.256 e. The van der Waals surface area contributed by atoms with Crippen LogP contribution in [-0.2, 0) is 6.42 Å². The molecule has 0 aliphatic carbocycles. The van der Waals surface area contributed by atoms with Crippen molar-refractivity contribution in [3.8, 4) is 5.75 Å². The summed E-state index contributed by atoms with van der Waals surface area (Å²) in [5, 5.41) is 2.91. The van der Waals surface area contributed by atoms with E-state index in [9.17, 15) is 4.79 Å². The topological polar surface area (TPSA) is 38.3 Å². The minimum Gasteiger partial charge on any atom is -0.491 e. The summed E-state index contributed by atoms with van der Waals surface area (Å²) in [6.45, 7) is 0.678. The number of carbonyl (C=O) groups is 1. The first kappa shape index (κ1) is 12.2. The number of carbonyl (C=O) groups excluding carboxylic acids is 1. The first-order valence-corrected chi connectivity index (χ1v) is 6.85. The number of nitrogens with one attached hydrogen (secondary N) is 1. The van der Waals surface area contributed by atoms with Crippen LogP contribution in [0, 0.1) is 0 Å². The van der Waals surface area contributed by atoms with E-state index >= 15 is 0 Å². The summed E-state index contributed by atoms with van der Waals surface area (Å²) in [5.74, 6) is 0.652. The van der Waals surface area contributed by atoms with E-state index in [1.165, 1.54) is 0 Å². The lowest BCUT2D eigenvalue weighted by Crippen LogP contribution is -2.13. The summed E-state index contributed by atoms with van der Waals surface area (Å²) in [6.07, 6.45) is 0.897. The molecule has 3 rings (SSSR count). The highest BCUT2D eigenvalue weighted by Crippen LogP contribution is 2.33. The standard InChI is InChI=1S/C15H12BrNO2/c16-12-6-2-1-5-11(12)15(18)17-13-7-3-4-10-8-9-19-14(10)13/h1-7H,8-9H2,(H,17,18). The Morgan fingerprint density at radius 3 is 2.84 bits per heavy atom. The van der Waals surface area contributed by atoms with Crippen LogP contribution in [0.5, 0.6) is 5.75 Å². The number of hydrogen-bond donors (Lipinski definition) is 1. The highest BCUT2D eigenvalue weighted by molar-refractivity contribution is 9.10. The number of rotatable bonds is 2. The largest absolute Gasteiger partial charge is 0.491 e. The van der Waals surface area contributed by atoms with Crippen LogP contribution in [0.2, 0.25) is 0 Å². The molecule has 1 aliphatic heterocycles. The lowest BCUT2D eigenvalue weighted by molar-refractivity contribution is 0.102. The van der Waals surface area contributed by atoms with Crippen molar-refractivity contribution < 1.29 is 9.53 Å². The molecule has 4 heteroatoms. The van der Waals surface area contributed by atoms with E-state index in [4.69, 9.17) is 4.74 Å². The van der Waals surface area contributed by atoms with Gasteiger partial charge in [-0.15, -0.1) is 0 Å². The summed E-state index contributed by atoms with van der Waals surface area (Å²) in [5.41, 5.74) is 2.48. The van der Waals surface area contributed by atoms with Crippen LogP contribution in [0.1, 0.15) is 15.9 Å². The third-order valence-electron chi connectivity index (χ3n) is 3.08. The lowest BCUT2D eigenvalue weighted by Gasteiger charge is -2.10. The van der Waals surface area contributed by atoms with Gasteiger partial charge >= 0.3 is 0 Å². The number of para-hydroxylation sites is 1. The molecule has 0 unspecified atom stereocenters. The summed E-state index contributed by atoms with van der Waals surface area (Å²) < 4.78 is 6.35. The monoisotopic (exact) mass is 317 g/mol. The average Bonchev–Trinajstić information content (AvgIpc) is 2.88. The van der Waals surface area contributed by atoms with Crippen LogP contribution in [-0.4, -0.2) is 12.5 Å². The SMILES string of the molecule is O=C(Nc1cccc2c1OCC2)c1ccccc1Br. The number of benzene rings is 2. The molecule has 0 fully saturated rings. The number of fused-ring (bicyclic) bond motifs is 1. The van der Waals surface area contributed by atoms with Crippen molar-refractivity contribution in [2.24, 2.45) is 0 Å². The molecule has 0 bridgehead atoms. The number of anilines is 1. The second-order valence-electron chi connectivity index (χ2n) is 4.33. The minimum atomic E-state index is -0.142. The van der Waals surface area contributed by atoms with E-state index in [0.717, 1.165) is 27.9 Å². The summed E-state index contributed by atoms with van der Waals surface area (Å²) in [4.78, 5) is 12.2. The molecule has 19 heavy (non-hydrogen) atoms. The highest BCUT2D eigenvalue weighted by atomic mass is 79.9. The zero-order chi connectivity index (χ0) is 13.2. The van der Waals surface area contributed by atoms with Crippen LogP contribution < -0.4 is 10.1 Å². The van der Waals surface area contributed by atoms with Crippen molar-refractivity contribution in [2.75, 3.05) is 11.9 Å². The van der Waals surface area contributed by atoms with E-state index in [1.54, 1.807) is 6.07 Å². The van der Waals surface area contributed by atoms with Crippen LogP contribution >= 0.6 is 15.9 Å². The van der Waals surface area contributed by atoms with Gasteiger partial charge in [-0.3, -0.25) is 4.79 Å². The Kier molecular flexibility index (Phi) is 3.25. The normalized spacial score (nSPS) is 12.7. The Balaban J connectivity index is 1.89. The van der Waals surface area contributed by atoms with Gasteiger partial charge in [0.25, 0.3) is 5.91 Å². The molecule has 0 atom stereocenters. The Morgan fingerprint density at radius 1 is 1.16 bits per heavy atom. The van der Waals surface area contributed by atoms with Crippen LogP contribution in [0.4, 0.5) is 5.69 Å². The molecule has 3 nitrogen and oxygen atoms in total. The van der Waals surface area contributed by atoms with Gasteiger partial charge in [-0.25, -0.2) is 0 Å². The van der Waals surface area contributed by atoms with Gasteiger partial charge in [0, 0.05) is 10.9 Å². The van der Waals surface area contributed by atoms with Gasteiger partial charge in [0.2, 0.25) is 0 Å². The molecule has 0 radical (unpaired) electrons. The Bertz CT molecular complexity index is 640. The van der Waals surface area contributed by atoms with E-state index in [2.05, 4.69) is 21.2 Å². The molecular weight excluding hydrogens is 306 g/mol. The molecule has 1 aliphatic rings. The molecule has 2 aromatic carbocycles. The van der Waals surface area contributed by atoms with E-state index < -0.39 is 0 Å². The van der Waals surface area contributed by atoms with Crippen LogP contribution in [0.15, 0.2) is 46.9 Å². The molecule has 0 saturated heterocycles. The summed E-state index contributed by atoms with van der Waals surface area (Å²) in [6, 6.07) is 13.2. The highest BCUT2D eigenvalue weighted by Gasteiger charge is 2.18. The third-order valence-corrected chi connectivity index (χ3v) is 3.77. The molecule has 1 N–H and O–H groups in total. The van der Waals surface area contributed by atoms with Gasteiger partial charge in [-0.05, 0) is 39.7 Å². The Morgan fingerprint density at radius 2 is 2.00 bits per heavy atom. The second kappa shape index (κ2) is 5.05. The maximum atomic E-state index is 12.2. The van der Waals surface area contributed by atoms with Gasteiger partial charge in [-0.1, -0.05) is 24.3 Å². The first-order valence-electron chi connectivity index (χ1n) is 6.06.